The number of nitrogens with zero attached hydrogens (tertiary/aromatic N) is 2. The molecule has 0 atom stereocenters. The molecule has 0 aliphatic carbocycles. The maximum Gasteiger partial charge on any atom is 0.416 e. The highest BCUT2D eigenvalue weighted by atomic mass is 35.5. The number of alkyl halides is 3. The standard InChI is InChI=1S/C29H20ClF3N4O3S/c1-16-6-4-7-17(12-16)15-41-28-34-14-21(30)24(37-28)26(38)36-23-20-10-2-3-11-22(20)40-25(23)27(39)35-19-9-5-8-18(13-19)29(31,32)33/h2-14H,15H2,1H3,(H,35,39)(H,36,38). The first-order chi connectivity index (χ1) is 19.6. The summed E-state index contributed by atoms with van der Waals surface area (Å²) in [6, 6.07) is 18.7. The molecule has 0 aliphatic rings. The molecule has 0 radical (unpaired) electrons. The molecule has 0 bridgehead atoms. The van der Waals surface area contributed by atoms with Crippen LogP contribution in [0.5, 0.6) is 0 Å². The smallest absolute Gasteiger partial charge is 0.416 e. The zero-order chi connectivity index (χ0) is 29.1. The SMILES string of the molecule is Cc1cccc(CSc2ncc(Cl)c(C(=O)Nc3c(C(=O)Nc4cccc(C(F)(F)F)c4)oc4ccccc34)n2)c1. The molecule has 208 valence electrons. The second kappa shape index (κ2) is 11.6. The van der Waals surface area contributed by atoms with Gasteiger partial charge in [0.1, 0.15) is 11.3 Å². The molecule has 2 heterocycles. The lowest BCUT2D eigenvalue weighted by atomic mass is 10.2. The number of carbonyl (C=O) groups is 2. The van der Waals surface area contributed by atoms with Crippen LogP contribution in [0.1, 0.15) is 37.7 Å². The van der Waals surface area contributed by atoms with E-state index in [9.17, 15) is 22.8 Å². The minimum absolute atomic E-state index is 0.00910. The van der Waals surface area contributed by atoms with Gasteiger partial charge in [0.15, 0.2) is 10.9 Å². The van der Waals surface area contributed by atoms with Gasteiger partial charge in [-0.3, -0.25) is 9.59 Å². The van der Waals surface area contributed by atoms with Crippen LogP contribution in [0.25, 0.3) is 11.0 Å². The highest BCUT2D eigenvalue weighted by molar-refractivity contribution is 7.98. The van der Waals surface area contributed by atoms with Crippen LogP contribution in [0.3, 0.4) is 0 Å². The number of fused-ring (bicyclic) bond motifs is 1. The van der Waals surface area contributed by atoms with Crippen LogP contribution >= 0.6 is 23.4 Å². The Balaban J connectivity index is 1.41. The predicted octanol–water partition coefficient (Wildman–Crippen LogP) is 8.00. The molecule has 0 aliphatic heterocycles. The van der Waals surface area contributed by atoms with E-state index in [1.54, 1.807) is 24.3 Å². The Morgan fingerprint density at radius 2 is 1.76 bits per heavy atom. The number of para-hydroxylation sites is 1. The second-order valence-electron chi connectivity index (χ2n) is 8.92. The van der Waals surface area contributed by atoms with Gasteiger partial charge in [-0.2, -0.15) is 13.2 Å². The van der Waals surface area contributed by atoms with E-state index in [2.05, 4.69) is 20.6 Å². The predicted molar refractivity (Wildman–Crippen MR) is 151 cm³/mol. The summed E-state index contributed by atoms with van der Waals surface area (Å²) in [6.07, 6.45) is -3.27. The van der Waals surface area contributed by atoms with E-state index in [1.807, 2.05) is 31.2 Å². The molecular formula is C29H20ClF3N4O3S. The monoisotopic (exact) mass is 596 g/mol. The average molecular weight is 597 g/mol. The molecule has 0 saturated carbocycles. The summed E-state index contributed by atoms with van der Waals surface area (Å²) in [5.41, 5.74) is 1.31. The van der Waals surface area contributed by atoms with Crippen LogP contribution in [0.4, 0.5) is 24.5 Å². The number of hydrogen-bond donors (Lipinski definition) is 2. The Morgan fingerprint density at radius 3 is 2.54 bits per heavy atom. The van der Waals surface area contributed by atoms with Gasteiger partial charge in [-0.15, -0.1) is 0 Å². The summed E-state index contributed by atoms with van der Waals surface area (Å²) in [7, 11) is 0. The highest BCUT2D eigenvalue weighted by Crippen LogP contribution is 2.34. The number of benzene rings is 3. The number of nitrogens with one attached hydrogen (secondary N) is 2. The molecule has 5 rings (SSSR count). The van der Waals surface area contributed by atoms with Crippen LogP contribution in [0.15, 0.2) is 88.6 Å². The first-order valence-corrected chi connectivity index (χ1v) is 13.5. The summed E-state index contributed by atoms with van der Waals surface area (Å²) in [5, 5.41) is 5.76. The fourth-order valence-electron chi connectivity index (χ4n) is 3.99. The Kier molecular flexibility index (Phi) is 8.00. The van der Waals surface area contributed by atoms with Gasteiger partial charge in [0.05, 0.1) is 16.8 Å². The van der Waals surface area contributed by atoms with Gasteiger partial charge in [0.25, 0.3) is 11.8 Å². The lowest BCUT2D eigenvalue weighted by Gasteiger charge is -2.10. The topological polar surface area (TPSA) is 97.1 Å². The fourth-order valence-corrected chi connectivity index (χ4v) is 4.93. The molecule has 7 nitrogen and oxygen atoms in total. The van der Waals surface area contributed by atoms with E-state index in [4.69, 9.17) is 16.0 Å². The molecule has 0 spiro atoms. The van der Waals surface area contributed by atoms with E-state index in [1.165, 1.54) is 30.1 Å². The van der Waals surface area contributed by atoms with Crippen molar-refractivity contribution in [2.24, 2.45) is 0 Å². The number of aromatic nitrogens is 2. The summed E-state index contributed by atoms with van der Waals surface area (Å²) in [4.78, 5) is 35.0. The lowest BCUT2D eigenvalue weighted by Crippen LogP contribution is -2.19. The number of amides is 2. The van der Waals surface area contributed by atoms with Crippen molar-refractivity contribution in [3.05, 3.63) is 112 Å². The van der Waals surface area contributed by atoms with Gasteiger partial charge in [-0.25, -0.2) is 9.97 Å². The molecule has 2 N–H and O–H groups in total. The number of halogens is 4. The maximum atomic E-state index is 13.3. The minimum atomic E-state index is -4.59. The van der Waals surface area contributed by atoms with E-state index in [0.29, 0.717) is 16.3 Å². The largest absolute Gasteiger partial charge is 0.449 e. The summed E-state index contributed by atoms with van der Waals surface area (Å²) >= 11 is 7.58. The number of anilines is 2. The third kappa shape index (κ3) is 6.53. The molecule has 2 aromatic heterocycles. The first-order valence-electron chi connectivity index (χ1n) is 12.1. The van der Waals surface area contributed by atoms with Crippen molar-refractivity contribution in [2.75, 3.05) is 10.6 Å². The lowest BCUT2D eigenvalue weighted by molar-refractivity contribution is -0.137. The average Bonchev–Trinajstić information content (AvgIpc) is 3.30. The van der Waals surface area contributed by atoms with Crippen molar-refractivity contribution in [3.8, 4) is 0 Å². The van der Waals surface area contributed by atoms with Crippen LogP contribution in [0.2, 0.25) is 5.02 Å². The Hall–Kier alpha value is -4.35. The minimum Gasteiger partial charge on any atom is -0.449 e. The highest BCUT2D eigenvalue weighted by Gasteiger charge is 2.31. The summed E-state index contributed by atoms with van der Waals surface area (Å²) in [5.74, 6) is -1.33. The third-order valence-electron chi connectivity index (χ3n) is 5.88. The van der Waals surface area contributed by atoms with Crippen LogP contribution in [-0.4, -0.2) is 21.8 Å². The second-order valence-corrected chi connectivity index (χ2v) is 10.3. The summed E-state index contributed by atoms with van der Waals surface area (Å²) < 4.78 is 45.1. The van der Waals surface area contributed by atoms with Gasteiger partial charge in [0.2, 0.25) is 5.76 Å². The Morgan fingerprint density at radius 1 is 0.976 bits per heavy atom. The number of aryl methyl sites for hydroxylation is 1. The molecule has 5 aromatic rings. The molecule has 2 amide bonds. The fraction of sp³-hybridized carbons (Fsp3) is 0.103. The Bertz CT molecular complexity index is 1770. The van der Waals surface area contributed by atoms with E-state index in [0.717, 1.165) is 23.3 Å². The molecule has 41 heavy (non-hydrogen) atoms. The van der Waals surface area contributed by atoms with Gasteiger partial charge in [-0.05, 0) is 42.8 Å². The van der Waals surface area contributed by atoms with E-state index in [-0.39, 0.29) is 33.4 Å². The van der Waals surface area contributed by atoms with Crippen molar-refractivity contribution in [1.82, 2.24) is 9.97 Å². The van der Waals surface area contributed by atoms with Crippen LogP contribution in [0, 0.1) is 6.92 Å². The van der Waals surface area contributed by atoms with Gasteiger partial charge < -0.3 is 15.1 Å². The molecule has 0 saturated heterocycles. The number of thioether (sulfide) groups is 1. The van der Waals surface area contributed by atoms with Gasteiger partial charge >= 0.3 is 6.18 Å². The third-order valence-corrected chi connectivity index (χ3v) is 7.08. The zero-order valence-corrected chi connectivity index (χ0v) is 22.8. The van der Waals surface area contributed by atoms with Crippen molar-refractivity contribution >= 4 is 57.5 Å². The molecule has 3 aromatic carbocycles. The van der Waals surface area contributed by atoms with Crippen LogP contribution in [-0.2, 0) is 11.9 Å². The number of furan rings is 1. The van der Waals surface area contributed by atoms with Gasteiger partial charge in [-0.1, -0.05) is 71.4 Å². The van der Waals surface area contributed by atoms with Crippen LogP contribution < -0.4 is 10.6 Å². The van der Waals surface area contributed by atoms with Crippen molar-refractivity contribution in [1.29, 1.82) is 0 Å². The maximum absolute atomic E-state index is 13.3. The van der Waals surface area contributed by atoms with Gasteiger partial charge in [0, 0.05) is 16.8 Å². The zero-order valence-electron chi connectivity index (χ0n) is 21.3. The molecular weight excluding hydrogens is 577 g/mol. The normalized spacial score (nSPS) is 11.4. The van der Waals surface area contributed by atoms with E-state index < -0.39 is 23.6 Å². The van der Waals surface area contributed by atoms with Crippen molar-refractivity contribution in [3.63, 3.8) is 0 Å². The molecule has 12 heteroatoms. The quantitative estimate of drug-likeness (QED) is 0.146. The molecule has 0 fully saturated rings. The Labute approximate surface area is 241 Å². The number of carbonyl (C=O) groups excluding carboxylic acids is 2. The molecule has 0 unspecified atom stereocenters. The van der Waals surface area contributed by atoms with Crippen molar-refractivity contribution < 1.29 is 27.2 Å². The number of rotatable bonds is 7. The van der Waals surface area contributed by atoms with E-state index >= 15 is 0 Å². The first kappa shape index (κ1) is 28.2. The summed E-state index contributed by atoms with van der Waals surface area (Å²) in [6.45, 7) is 1.99. The number of hydrogen-bond acceptors (Lipinski definition) is 6. The van der Waals surface area contributed by atoms with Crippen molar-refractivity contribution in [2.45, 2.75) is 24.0 Å².